The van der Waals surface area contributed by atoms with E-state index in [0.29, 0.717) is 6.42 Å². The highest BCUT2D eigenvalue weighted by Gasteiger charge is 2.02. The Kier molecular flexibility index (Phi) is 4.70. The zero-order chi connectivity index (χ0) is 11.1. The zero-order valence-electron chi connectivity index (χ0n) is 9.42. The van der Waals surface area contributed by atoms with E-state index in [1.807, 2.05) is 6.07 Å². The minimum atomic E-state index is 0.632. The van der Waals surface area contributed by atoms with Crippen molar-refractivity contribution in [3.05, 3.63) is 29.3 Å². The van der Waals surface area contributed by atoms with Gasteiger partial charge in [0.15, 0.2) is 0 Å². The van der Waals surface area contributed by atoms with E-state index in [9.17, 15) is 0 Å². The Labute approximate surface area is 91.5 Å². The molecule has 0 heterocycles. The van der Waals surface area contributed by atoms with Gasteiger partial charge in [-0.25, -0.2) is 0 Å². The van der Waals surface area contributed by atoms with Crippen LogP contribution >= 0.6 is 0 Å². The zero-order valence-corrected chi connectivity index (χ0v) is 9.42. The third-order valence-electron chi connectivity index (χ3n) is 2.48. The Morgan fingerprint density at radius 1 is 1.40 bits per heavy atom. The molecule has 0 aliphatic rings. The SMILES string of the molecule is CCc1cc(CCCC#N)ccc1OC. The molecule has 2 heteroatoms. The van der Waals surface area contributed by atoms with Crippen LogP contribution in [0.25, 0.3) is 0 Å². The number of benzene rings is 1. The van der Waals surface area contributed by atoms with E-state index in [2.05, 4.69) is 25.1 Å². The molecule has 0 unspecified atom stereocenters. The van der Waals surface area contributed by atoms with Crippen LogP contribution in [0.1, 0.15) is 30.9 Å². The monoisotopic (exact) mass is 203 g/mol. The maximum Gasteiger partial charge on any atom is 0.122 e. The Morgan fingerprint density at radius 3 is 2.80 bits per heavy atom. The molecule has 0 saturated heterocycles. The average Bonchev–Trinajstić information content (AvgIpc) is 2.29. The number of nitrogens with zero attached hydrogens (tertiary/aromatic N) is 1. The number of aryl methyl sites for hydroxylation is 2. The summed E-state index contributed by atoms with van der Waals surface area (Å²) >= 11 is 0. The summed E-state index contributed by atoms with van der Waals surface area (Å²) in [5.74, 6) is 0.960. The van der Waals surface area contributed by atoms with Gasteiger partial charge in [0.05, 0.1) is 13.2 Å². The molecule has 0 atom stereocenters. The van der Waals surface area contributed by atoms with Crippen LogP contribution in [-0.4, -0.2) is 7.11 Å². The standard InChI is InChI=1S/C13H17NO/c1-3-12-10-11(6-4-5-9-14)7-8-13(12)15-2/h7-8,10H,3-6H2,1-2H3. The van der Waals surface area contributed by atoms with Crippen molar-refractivity contribution in [1.82, 2.24) is 0 Å². The average molecular weight is 203 g/mol. The van der Waals surface area contributed by atoms with E-state index in [1.165, 1.54) is 11.1 Å². The predicted molar refractivity (Wildman–Crippen MR) is 60.9 cm³/mol. The summed E-state index contributed by atoms with van der Waals surface area (Å²) < 4.78 is 5.26. The molecule has 0 radical (unpaired) electrons. The van der Waals surface area contributed by atoms with Gasteiger partial charge >= 0.3 is 0 Å². The van der Waals surface area contributed by atoms with Gasteiger partial charge in [-0.05, 0) is 36.5 Å². The molecule has 0 spiro atoms. The first-order valence-corrected chi connectivity index (χ1v) is 5.34. The molecule has 0 amide bonds. The number of rotatable bonds is 5. The first-order chi connectivity index (χ1) is 7.31. The molecule has 0 saturated carbocycles. The Morgan fingerprint density at radius 2 is 2.20 bits per heavy atom. The highest BCUT2D eigenvalue weighted by molar-refractivity contribution is 5.37. The molecule has 0 aliphatic heterocycles. The van der Waals surface area contributed by atoms with Gasteiger partial charge in [-0.1, -0.05) is 19.1 Å². The molecular formula is C13H17NO. The van der Waals surface area contributed by atoms with Crippen molar-refractivity contribution in [3.63, 3.8) is 0 Å². The molecule has 80 valence electrons. The lowest BCUT2D eigenvalue weighted by Crippen LogP contribution is -1.93. The fraction of sp³-hybridized carbons (Fsp3) is 0.462. The minimum Gasteiger partial charge on any atom is -0.496 e. The third-order valence-corrected chi connectivity index (χ3v) is 2.48. The Balaban J connectivity index is 2.71. The molecule has 1 aromatic carbocycles. The van der Waals surface area contributed by atoms with Gasteiger partial charge in [0.25, 0.3) is 0 Å². The third kappa shape index (κ3) is 3.28. The van der Waals surface area contributed by atoms with Crippen molar-refractivity contribution in [2.24, 2.45) is 0 Å². The summed E-state index contributed by atoms with van der Waals surface area (Å²) in [4.78, 5) is 0. The van der Waals surface area contributed by atoms with Gasteiger partial charge < -0.3 is 4.74 Å². The van der Waals surface area contributed by atoms with E-state index in [0.717, 1.165) is 25.0 Å². The molecule has 0 bridgehead atoms. The number of ether oxygens (including phenoxy) is 1. The lowest BCUT2D eigenvalue weighted by Gasteiger charge is -2.08. The van der Waals surface area contributed by atoms with Gasteiger partial charge in [0.2, 0.25) is 0 Å². The lowest BCUT2D eigenvalue weighted by atomic mass is 10.0. The van der Waals surface area contributed by atoms with Crippen molar-refractivity contribution in [3.8, 4) is 11.8 Å². The van der Waals surface area contributed by atoms with Crippen LogP contribution in [0.4, 0.5) is 0 Å². The molecule has 0 aromatic heterocycles. The fourth-order valence-corrected chi connectivity index (χ4v) is 1.64. The van der Waals surface area contributed by atoms with E-state index < -0.39 is 0 Å². The molecule has 0 fully saturated rings. The van der Waals surface area contributed by atoms with E-state index in [-0.39, 0.29) is 0 Å². The predicted octanol–water partition coefficient (Wildman–Crippen LogP) is 3.10. The normalized spacial score (nSPS) is 9.67. The summed E-state index contributed by atoms with van der Waals surface area (Å²) in [5.41, 5.74) is 2.54. The van der Waals surface area contributed by atoms with Gasteiger partial charge in [-0.3, -0.25) is 0 Å². The minimum absolute atomic E-state index is 0.632. The number of nitriles is 1. The summed E-state index contributed by atoms with van der Waals surface area (Å²) in [5, 5.41) is 8.46. The second-order valence-corrected chi connectivity index (χ2v) is 3.51. The number of methoxy groups -OCH3 is 1. The highest BCUT2D eigenvalue weighted by Crippen LogP contribution is 2.21. The van der Waals surface area contributed by atoms with Crippen LogP contribution in [0.2, 0.25) is 0 Å². The Hall–Kier alpha value is -1.49. The number of unbranched alkanes of at least 4 members (excludes halogenated alkanes) is 1. The van der Waals surface area contributed by atoms with Crippen LogP contribution in [0.5, 0.6) is 5.75 Å². The molecule has 1 rings (SSSR count). The Bertz CT molecular complexity index is 352. The first kappa shape index (κ1) is 11.6. The summed E-state index contributed by atoms with van der Waals surface area (Å²) in [6.45, 7) is 2.12. The van der Waals surface area contributed by atoms with Crippen molar-refractivity contribution >= 4 is 0 Å². The van der Waals surface area contributed by atoms with Crippen LogP contribution in [0.15, 0.2) is 18.2 Å². The second-order valence-electron chi connectivity index (χ2n) is 3.51. The van der Waals surface area contributed by atoms with Gasteiger partial charge in [0, 0.05) is 6.42 Å². The highest BCUT2D eigenvalue weighted by atomic mass is 16.5. The largest absolute Gasteiger partial charge is 0.496 e. The van der Waals surface area contributed by atoms with E-state index >= 15 is 0 Å². The first-order valence-electron chi connectivity index (χ1n) is 5.34. The molecule has 15 heavy (non-hydrogen) atoms. The second kappa shape index (κ2) is 6.08. The van der Waals surface area contributed by atoms with E-state index in [1.54, 1.807) is 7.11 Å². The van der Waals surface area contributed by atoms with Crippen molar-refractivity contribution in [2.45, 2.75) is 32.6 Å². The van der Waals surface area contributed by atoms with Crippen molar-refractivity contribution in [1.29, 1.82) is 5.26 Å². The van der Waals surface area contributed by atoms with Crippen LogP contribution in [0.3, 0.4) is 0 Å². The fourth-order valence-electron chi connectivity index (χ4n) is 1.64. The van der Waals surface area contributed by atoms with Crippen LogP contribution in [-0.2, 0) is 12.8 Å². The van der Waals surface area contributed by atoms with Crippen LogP contribution < -0.4 is 4.74 Å². The van der Waals surface area contributed by atoms with Crippen LogP contribution in [0, 0.1) is 11.3 Å². The summed E-state index contributed by atoms with van der Waals surface area (Å²) in [6, 6.07) is 8.43. The summed E-state index contributed by atoms with van der Waals surface area (Å²) in [6.07, 6.45) is 3.53. The van der Waals surface area contributed by atoms with Gasteiger partial charge in [0.1, 0.15) is 5.75 Å². The topological polar surface area (TPSA) is 33.0 Å². The molecule has 2 nitrogen and oxygen atoms in total. The van der Waals surface area contributed by atoms with Crippen molar-refractivity contribution in [2.75, 3.05) is 7.11 Å². The van der Waals surface area contributed by atoms with Crippen molar-refractivity contribution < 1.29 is 4.74 Å². The molecule has 0 aliphatic carbocycles. The summed E-state index contributed by atoms with van der Waals surface area (Å²) in [7, 11) is 1.70. The van der Waals surface area contributed by atoms with E-state index in [4.69, 9.17) is 10.00 Å². The lowest BCUT2D eigenvalue weighted by molar-refractivity contribution is 0.410. The number of hydrogen-bond acceptors (Lipinski definition) is 2. The molecule has 0 N–H and O–H groups in total. The quantitative estimate of drug-likeness (QED) is 0.689. The smallest absolute Gasteiger partial charge is 0.122 e. The van der Waals surface area contributed by atoms with Gasteiger partial charge in [-0.2, -0.15) is 5.26 Å². The number of hydrogen-bond donors (Lipinski definition) is 0. The maximum absolute atomic E-state index is 8.46. The molecule has 1 aromatic rings. The molecular weight excluding hydrogens is 186 g/mol. The van der Waals surface area contributed by atoms with Gasteiger partial charge in [-0.15, -0.1) is 0 Å². The maximum atomic E-state index is 8.46.